The molecule has 11 heavy (non-hydrogen) atoms. The molecule has 0 aromatic heterocycles. The van der Waals surface area contributed by atoms with Crippen LogP contribution in [0.4, 0.5) is 0 Å². The van der Waals surface area contributed by atoms with Gasteiger partial charge in [0.1, 0.15) is 0 Å². The molecule has 2 bridgehead atoms. The van der Waals surface area contributed by atoms with E-state index in [1.54, 1.807) is 0 Å². The third kappa shape index (κ3) is 0.478. The van der Waals surface area contributed by atoms with Crippen LogP contribution in [0.25, 0.3) is 0 Å². The van der Waals surface area contributed by atoms with Crippen LogP contribution in [0.2, 0.25) is 0 Å². The highest BCUT2D eigenvalue weighted by Gasteiger charge is 2.62. The van der Waals surface area contributed by atoms with E-state index in [1.807, 2.05) is 0 Å². The Hall–Kier alpha value is -0.300. The Bertz CT molecular complexity index is 245. The van der Waals surface area contributed by atoms with Crippen molar-refractivity contribution in [3.05, 3.63) is 12.2 Å². The number of fused-ring (bicyclic) bond motifs is 7. The van der Waals surface area contributed by atoms with Gasteiger partial charge in [-0.15, -0.1) is 0 Å². The summed E-state index contributed by atoms with van der Waals surface area (Å²) in [7, 11) is 0. The van der Waals surface area contributed by atoms with E-state index in [0.717, 1.165) is 23.7 Å². The minimum absolute atomic E-state index is 0.690. The van der Waals surface area contributed by atoms with Crippen LogP contribution in [-0.4, -0.2) is 12.2 Å². The summed E-state index contributed by atoms with van der Waals surface area (Å²) in [6, 6.07) is 0. The molecular formula is C10H12O. The SMILES string of the molecule is C1=C[C@H]2C[C@@H]1[C@H]1C[C@@H]3O[C@@H]3[C@H]12. The van der Waals surface area contributed by atoms with Crippen molar-refractivity contribution >= 4 is 0 Å². The van der Waals surface area contributed by atoms with Gasteiger partial charge in [-0.05, 0) is 36.5 Å². The molecule has 4 rings (SSSR count). The molecule has 3 aliphatic carbocycles. The van der Waals surface area contributed by atoms with E-state index in [4.69, 9.17) is 4.74 Å². The van der Waals surface area contributed by atoms with Crippen molar-refractivity contribution in [2.45, 2.75) is 25.0 Å². The van der Waals surface area contributed by atoms with Gasteiger partial charge in [-0.25, -0.2) is 0 Å². The molecule has 58 valence electrons. The molecule has 0 spiro atoms. The molecule has 1 aliphatic heterocycles. The van der Waals surface area contributed by atoms with E-state index in [9.17, 15) is 0 Å². The molecule has 1 heteroatoms. The summed E-state index contributed by atoms with van der Waals surface area (Å²) in [5.74, 6) is 3.81. The quantitative estimate of drug-likeness (QED) is 0.375. The summed E-state index contributed by atoms with van der Waals surface area (Å²) in [6.07, 6.45) is 9.10. The molecule has 0 unspecified atom stereocenters. The fourth-order valence-corrected chi connectivity index (χ4v) is 3.73. The van der Waals surface area contributed by atoms with Crippen LogP contribution in [-0.2, 0) is 4.74 Å². The van der Waals surface area contributed by atoms with Gasteiger partial charge in [-0.2, -0.15) is 0 Å². The Kier molecular flexibility index (Phi) is 0.695. The van der Waals surface area contributed by atoms with Crippen LogP contribution < -0.4 is 0 Å². The second-order valence-corrected chi connectivity index (χ2v) is 4.56. The molecule has 6 atom stereocenters. The number of hydrogen-bond donors (Lipinski definition) is 0. The van der Waals surface area contributed by atoms with Crippen molar-refractivity contribution in [3.63, 3.8) is 0 Å². The zero-order valence-corrected chi connectivity index (χ0v) is 6.44. The summed E-state index contributed by atoms with van der Waals surface area (Å²) >= 11 is 0. The molecule has 3 fully saturated rings. The molecule has 1 saturated heterocycles. The Morgan fingerprint density at radius 3 is 2.91 bits per heavy atom. The van der Waals surface area contributed by atoms with Crippen molar-refractivity contribution in [2.24, 2.45) is 23.7 Å². The topological polar surface area (TPSA) is 12.5 Å². The average Bonchev–Trinajstić information content (AvgIpc) is 2.53. The van der Waals surface area contributed by atoms with Crippen LogP contribution in [0.3, 0.4) is 0 Å². The van der Waals surface area contributed by atoms with Crippen molar-refractivity contribution in [2.75, 3.05) is 0 Å². The van der Waals surface area contributed by atoms with E-state index in [1.165, 1.54) is 12.8 Å². The van der Waals surface area contributed by atoms with Crippen LogP contribution in [0.15, 0.2) is 12.2 Å². The molecule has 0 aromatic carbocycles. The van der Waals surface area contributed by atoms with Gasteiger partial charge >= 0.3 is 0 Å². The van der Waals surface area contributed by atoms with Crippen LogP contribution in [0.5, 0.6) is 0 Å². The average molecular weight is 148 g/mol. The number of ether oxygens (including phenoxy) is 1. The number of epoxide rings is 1. The monoisotopic (exact) mass is 148 g/mol. The summed E-state index contributed by atoms with van der Waals surface area (Å²) in [6.45, 7) is 0. The molecule has 1 heterocycles. The maximum atomic E-state index is 5.59. The van der Waals surface area contributed by atoms with Gasteiger partial charge in [0.15, 0.2) is 0 Å². The fourth-order valence-electron chi connectivity index (χ4n) is 3.73. The van der Waals surface area contributed by atoms with Gasteiger partial charge < -0.3 is 4.74 Å². The maximum absolute atomic E-state index is 5.59. The second-order valence-electron chi connectivity index (χ2n) is 4.56. The molecule has 4 aliphatic rings. The zero-order chi connectivity index (χ0) is 7.00. The van der Waals surface area contributed by atoms with Crippen LogP contribution in [0.1, 0.15) is 12.8 Å². The Morgan fingerprint density at radius 1 is 1.09 bits per heavy atom. The van der Waals surface area contributed by atoms with Crippen molar-refractivity contribution in [3.8, 4) is 0 Å². The standard InChI is InChI=1S/C10H12O/c1-2-6-3-5(1)7-4-8-10(11-8)9(6)7/h1-2,5-10H,3-4H2/t5-,6+,7-,8+,9+,10+/m1/s1. The summed E-state index contributed by atoms with van der Waals surface area (Å²) < 4.78 is 5.59. The highest BCUT2D eigenvalue weighted by molar-refractivity contribution is 5.21. The lowest BCUT2D eigenvalue weighted by Gasteiger charge is -2.21. The highest BCUT2D eigenvalue weighted by Crippen LogP contribution is 2.61. The Labute approximate surface area is 66.4 Å². The lowest BCUT2D eigenvalue weighted by Crippen LogP contribution is -2.19. The molecule has 0 aromatic rings. The largest absolute Gasteiger partial charge is 0.369 e. The highest BCUT2D eigenvalue weighted by atomic mass is 16.6. The van der Waals surface area contributed by atoms with Gasteiger partial charge in [0.2, 0.25) is 0 Å². The predicted molar refractivity (Wildman–Crippen MR) is 41.0 cm³/mol. The third-order valence-corrected chi connectivity index (χ3v) is 4.19. The van der Waals surface area contributed by atoms with Crippen LogP contribution >= 0.6 is 0 Å². The molecule has 1 nitrogen and oxygen atoms in total. The van der Waals surface area contributed by atoms with E-state index in [2.05, 4.69) is 12.2 Å². The first kappa shape index (κ1) is 5.36. The maximum Gasteiger partial charge on any atom is 0.0878 e. The summed E-state index contributed by atoms with van der Waals surface area (Å²) in [5.41, 5.74) is 0. The van der Waals surface area contributed by atoms with Gasteiger partial charge in [0.25, 0.3) is 0 Å². The van der Waals surface area contributed by atoms with Crippen LogP contribution in [0, 0.1) is 23.7 Å². The van der Waals surface area contributed by atoms with Crippen molar-refractivity contribution in [1.29, 1.82) is 0 Å². The summed E-state index contributed by atoms with van der Waals surface area (Å²) in [4.78, 5) is 0. The summed E-state index contributed by atoms with van der Waals surface area (Å²) in [5, 5.41) is 0. The van der Waals surface area contributed by atoms with E-state index >= 15 is 0 Å². The van der Waals surface area contributed by atoms with Gasteiger partial charge in [0, 0.05) is 0 Å². The number of allylic oxidation sites excluding steroid dienone is 2. The Morgan fingerprint density at radius 2 is 2.00 bits per heavy atom. The first-order chi connectivity index (χ1) is 5.43. The lowest BCUT2D eigenvalue weighted by atomic mass is 9.85. The molecular weight excluding hydrogens is 136 g/mol. The zero-order valence-electron chi connectivity index (χ0n) is 6.44. The number of hydrogen-bond acceptors (Lipinski definition) is 1. The van der Waals surface area contributed by atoms with Gasteiger partial charge in [-0.1, -0.05) is 12.2 Å². The number of rotatable bonds is 0. The fraction of sp³-hybridized carbons (Fsp3) is 0.800. The Balaban J connectivity index is 1.81. The predicted octanol–water partition coefficient (Wildman–Crippen LogP) is 1.60. The normalized spacial score (nSPS) is 68.4. The minimum atomic E-state index is 0.690. The first-order valence-corrected chi connectivity index (χ1v) is 4.77. The second kappa shape index (κ2) is 1.42. The van der Waals surface area contributed by atoms with E-state index < -0.39 is 0 Å². The molecule has 2 saturated carbocycles. The van der Waals surface area contributed by atoms with Gasteiger partial charge in [0.05, 0.1) is 12.2 Å². The van der Waals surface area contributed by atoms with E-state index in [-0.39, 0.29) is 0 Å². The first-order valence-electron chi connectivity index (χ1n) is 4.77. The minimum Gasteiger partial charge on any atom is -0.369 e. The van der Waals surface area contributed by atoms with E-state index in [0.29, 0.717) is 12.2 Å². The molecule has 0 radical (unpaired) electrons. The third-order valence-electron chi connectivity index (χ3n) is 4.19. The van der Waals surface area contributed by atoms with Gasteiger partial charge in [-0.3, -0.25) is 0 Å². The molecule has 0 N–H and O–H groups in total. The smallest absolute Gasteiger partial charge is 0.0878 e. The van der Waals surface area contributed by atoms with Crippen molar-refractivity contribution < 1.29 is 4.74 Å². The van der Waals surface area contributed by atoms with Crippen molar-refractivity contribution in [1.82, 2.24) is 0 Å². The lowest BCUT2D eigenvalue weighted by molar-refractivity contribution is 0.192. The molecule has 0 amide bonds.